The van der Waals surface area contributed by atoms with Gasteiger partial charge in [0.2, 0.25) is 0 Å². The predicted molar refractivity (Wildman–Crippen MR) is 130 cm³/mol. The molecule has 0 atom stereocenters. The molecular weight excluding hydrogens is 554 g/mol. The highest BCUT2D eigenvalue weighted by molar-refractivity contribution is 7.92. The van der Waals surface area contributed by atoms with Crippen molar-refractivity contribution in [2.75, 3.05) is 5.75 Å². The lowest BCUT2D eigenvalue weighted by atomic mass is 10.2. The number of thiophene rings is 1. The van der Waals surface area contributed by atoms with Crippen molar-refractivity contribution in [3.05, 3.63) is 64.9 Å². The Morgan fingerprint density at radius 2 is 1.79 bits per heavy atom. The summed E-state index contributed by atoms with van der Waals surface area (Å²) in [7, 11) is -2.31. The van der Waals surface area contributed by atoms with Gasteiger partial charge in [0.1, 0.15) is 0 Å². The standard InChI is InChI=1S/C24H16F6N4O2S2/c1-3-38(35,36)21-15-8-7-14(34-10-9-19(32-34)24(28,29)30)12-18(15)37-20(21)22-31-16-11-13(23(25,26)27)5-4-6-17(16)33(22)2/h5-12H,3H2,1-2H3. The van der Waals surface area contributed by atoms with E-state index >= 15 is 0 Å². The Morgan fingerprint density at radius 3 is 2.42 bits per heavy atom. The Bertz CT molecular complexity index is 1800. The molecule has 0 unspecified atom stereocenters. The van der Waals surface area contributed by atoms with Gasteiger partial charge in [-0.2, -0.15) is 31.4 Å². The summed E-state index contributed by atoms with van der Waals surface area (Å²) in [6.07, 6.45) is -5.13. The Morgan fingerprint density at radius 1 is 1.05 bits per heavy atom. The predicted octanol–water partition coefficient (Wildman–Crippen LogP) is 6.43. The number of halogens is 6. The van der Waals surface area contributed by atoms with E-state index in [4.69, 9.17) is 0 Å². The zero-order chi connectivity index (χ0) is 27.6. The number of hydrogen-bond donors (Lipinski definition) is 0. The molecule has 0 saturated heterocycles. The summed E-state index contributed by atoms with van der Waals surface area (Å²) in [6.45, 7) is 1.46. The molecular formula is C24H16F6N4O2S2. The fourth-order valence-corrected chi connectivity index (χ4v) is 6.90. The van der Waals surface area contributed by atoms with Gasteiger partial charge in [0.25, 0.3) is 0 Å². The second kappa shape index (κ2) is 8.72. The lowest BCUT2D eigenvalue weighted by molar-refractivity contribution is -0.141. The molecule has 6 nitrogen and oxygen atoms in total. The number of alkyl halides is 6. The van der Waals surface area contributed by atoms with E-state index < -0.39 is 33.5 Å². The minimum absolute atomic E-state index is 0.00899. The summed E-state index contributed by atoms with van der Waals surface area (Å²) in [5.74, 6) is -0.131. The fourth-order valence-electron chi connectivity index (χ4n) is 4.00. The van der Waals surface area contributed by atoms with Crippen molar-refractivity contribution in [1.82, 2.24) is 19.3 Å². The molecule has 0 amide bonds. The molecule has 0 saturated carbocycles. The van der Waals surface area contributed by atoms with Crippen LogP contribution in [0.25, 0.3) is 38.6 Å². The molecule has 4 aromatic rings. The smallest absolute Gasteiger partial charge is 0.326 e. The third-order valence-electron chi connectivity index (χ3n) is 5.91. The Hall–Kier alpha value is -3.61. The quantitative estimate of drug-likeness (QED) is 0.210. The molecule has 0 radical (unpaired) electrons. The SMILES string of the molecule is CCS(=O)(=O)c1c(-c2nc3c(n2C)C=C=CC(C(F)(F)F)=C3)sc2cc(-n3ccc(C(F)(F)F)n3)ccc12. The van der Waals surface area contributed by atoms with Crippen molar-refractivity contribution in [1.29, 1.82) is 0 Å². The number of allylic oxidation sites excluding steroid dienone is 2. The van der Waals surface area contributed by atoms with E-state index in [1.54, 1.807) is 7.05 Å². The van der Waals surface area contributed by atoms with Crippen LogP contribution in [0.3, 0.4) is 0 Å². The van der Waals surface area contributed by atoms with Crippen LogP contribution in [0.5, 0.6) is 0 Å². The lowest BCUT2D eigenvalue weighted by Crippen LogP contribution is -2.09. The van der Waals surface area contributed by atoms with E-state index in [0.29, 0.717) is 15.8 Å². The van der Waals surface area contributed by atoms with Crippen molar-refractivity contribution < 1.29 is 34.8 Å². The number of benzene rings is 1. The molecule has 0 bridgehead atoms. The summed E-state index contributed by atoms with van der Waals surface area (Å²) in [5, 5.41) is 3.87. The summed E-state index contributed by atoms with van der Waals surface area (Å²) in [6, 6.07) is 5.24. The number of nitrogens with zero attached hydrogens (tertiary/aromatic N) is 4. The van der Waals surface area contributed by atoms with Crippen molar-refractivity contribution in [3.8, 4) is 16.4 Å². The Labute approximate surface area is 215 Å². The largest absolute Gasteiger partial charge is 0.435 e. The van der Waals surface area contributed by atoms with E-state index in [-0.39, 0.29) is 32.7 Å². The monoisotopic (exact) mass is 570 g/mol. The van der Waals surface area contributed by atoms with Crippen LogP contribution >= 0.6 is 11.3 Å². The summed E-state index contributed by atoms with van der Waals surface area (Å²) in [5.41, 5.74) is 0.993. The first-order valence-corrected chi connectivity index (χ1v) is 13.4. The van der Waals surface area contributed by atoms with Gasteiger partial charge in [-0.15, -0.1) is 17.1 Å². The second-order valence-corrected chi connectivity index (χ2v) is 11.6. The van der Waals surface area contributed by atoms with Crippen LogP contribution in [0.1, 0.15) is 24.0 Å². The number of hydrogen-bond acceptors (Lipinski definition) is 5. The van der Waals surface area contributed by atoms with Gasteiger partial charge in [0.05, 0.1) is 38.2 Å². The average molecular weight is 571 g/mol. The van der Waals surface area contributed by atoms with Crippen LogP contribution in [0.4, 0.5) is 26.3 Å². The number of imidazole rings is 1. The zero-order valence-electron chi connectivity index (χ0n) is 19.5. The molecule has 3 heterocycles. The molecule has 5 rings (SSSR count). The molecule has 38 heavy (non-hydrogen) atoms. The Kier molecular flexibility index (Phi) is 5.97. The molecule has 1 aliphatic rings. The number of rotatable bonds is 4. The molecule has 1 aliphatic carbocycles. The van der Waals surface area contributed by atoms with E-state index in [9.17, 15) is 34.8 Å². The first kappa shape index (κ1) is 26.0. The number of sulfone groups is 1. The number of fused-ring (bicyclic) bond motifs is 2. The normalized spacial score (nSPS) is 14.2. The maximum Gasteiger partial charge on any atom is 0.435 e. The zero-order valence-corrected chi connectivity index (χ0v) is 21.1. The summed E-state index contributed by atoms with van der Waals surface area (Å²) in [4.78, 5) is 4.51. The Balaban J connectivity index is 1.72. The molecule has 198 valence electrons. The van der Waals surface area contributed by atoms with Crippen molar-refractivity contribution in [2.45, 2.75) is 24.2 Å². The van der Waals surface area contributed by atoms with Gasteiger partial charge in [-0.05, 0) is 30.4 Å². The van der Waals surface area contributed by atoms with Crippen LogP contribution in [-0.4, -0.2) is 39.7 Å². The van der Waals surface area contributed by atoms with Crippen molar-refractivity contribution in [3.63, 3.8) is 0 Å². The van der Waals surface area contributed by atoms with Crippen LogP contribution < -0.4 is 0 Å². The molecule has 14 heteroatoms. The number of aromatic nitrogens is 4. The van der Waals surface area contributed by atoms with Gasteiger partial charge >= 0.3 is 12.4 Å². The topological polar surface area (TPSA) is 69.8 Å². The van der Waals surface area contributed by atoms with Gasteiger partial charge in [-0.25, -0.2) is 18.1 Å². The highest BCUT2D eigenvalue weighted by Crippen LogP contribution is 2.43. The molecule has 0 aliphatic heterocycles. The highest BCUT2D eigenvalue weighted by Gasteiger charge is 2.35. The van der Waals surface area contributed by atoms with E-state index in [0.717, 1.165) is 40.4 Å². The van der Waals surface area contributed by atoms with E-state index in [1.165, 1.54) is 35.8 Å². The van der Waals surface area contributed by atoms with Gasteiger partial charge < -0.3 is 4.57 Å². The minimum atomic E-state index is -4.64. The maximum absolute atomic E-state index is 13.4. The van der Waals surface area contributed by atoms with Gasteiger partial charge in [-0.3, -0.25) is 0 Å². The van der Waals surface area contributed by atoms with E-state index in [1.807, 2.05) is 0 Å². The highest BCUT2D eigenvalue weighted by atomic mass is 32.2. The molecule has 0 N–H and O–H groups in total. The van der Waals surface area contributed by atoms with Crippen LogP contribution in [0.15, 0.2) is 52.7 Å². The van der Waals surface area contributed by atoms with Gasteiger partial charge in [-0.1, -0.05) is 13.0 Å². The third kappa shape index (κ3) is 4.38. The van der Waals surface area contributed by atoms with E-state index in [2.05, 4.69) is 15.8 Å². The van der Waals surface area contributed by atoms with Crippen molar-refractivity contribution in [2.24, 2.45) is 7.05 Å². The van der Waals surface area contributed by atoms with Crippen LogP contribution in [0.2, 0.25) is 0 Å². The molecule has 3 aromatic heterocycles. The van der Waals surface area contributed by atoms with Crippen LogP contribution in [0, 0.1) is 0 Å². The molecule has 1 aromatic carbocycles. The summed E-state index contributed by atoms with van der Waals surface area (Å²) >= 11 is 1.02. The van der Waals surface area contributed by atoms with Gasteiger partial charge in [0.15, 0.2) is 21.4 Å². The van der Waals surface area contributed by atoms with Crippen LogP contribution in [-0.2, 0) is 23.1 Å². The second-order valence-electron chi connectivity index (χ2n) is 8.31. The molecule has 0 fully saturated rings. The first-order valence-electron chi connectivity index (χ1n) is 10.9. The van der Waals surface area contributed by atoms with Crippen molar-refractivity contribution >= 4 is 43.4 Å². The van der Waals surface area contributed by atoms with Gasteiger partial charge in [0, 0.05) is 29.4 Å². The molecule has 0 spiro atoms. The summed E-state index contributed by atoms with van der Waals surface area (Å²) < 4.78 is 108. The lowest BCUT2D eigenvalue weighted by Gasteiger charge is -2.06. The fraction of sp³-hybridized carbons (Fsp3) is 0.208. The average Bonchev–Trinajstić information content (AvgIpc) is 3.50. The minimum Gasteiger partial charge on any atom is -0.326 e. The maximum atomic E-state index is 13.4. The third-order valence-corrected chi connectivity index (χ3v) is 9.00. The first-order chi connectivity index (χ1) is 17.7.